The van der Waals surface area contributed by atoms with Crippen LogP contribution in [0.1, 0.15) is 12.0 Å². The second-order valence-electron chi connectivity index (χ2n) is 3.32. The Labute approximate surface area is 89.2 Å². The highest BCUT2D eigenvalue weighted by Gasteiger charge is 2.08. The van der Waals surface area contributed by atoms with Crippen LogP contribution in [0.25, 0.3) is 0 Å². The van der Waals surface area contributed by atoms with E-state index in [1.165, 1.54) is 0 Å². The predicted octanol–water partition coefficient (Wildman–Crippen LogP) is 0.477. The van der Waals surface area contributed by atoms with E-state index < -0.39 is 10.0 Å². The first-order valence-electron chi connectivity index (χ1n) is 4.53. The first-order chi connectivity index (χ1) is 6.97. The van der Waals surface area contributed by atoms with Crippen LogP contribution in [0.3, 0.4) is 0 Å². The molecule has 0 spiro atoms. The molecule has 0 radical (unpaired) electrons. The Bertz CT molecular complexity index is 425. The molecule has 1 rings (SSSR count). The molecule has 1 aromatic rings. The van der Waals surface area contributed by atoms with Crippen molar-refractivity contribution in [3.8, 4) is 0 Å². The van der Waals surface area contributed by atoms with Crippen molar-refractivity contribution in [2.75, 3.05) is 5.75 Å². The molecule has 0 heterocycles. The molecule has 82 valence electrons. The van der Waals surface area contributed by atoms with Gasteiger partial charge in [0.25, 0.3) is 0 Å². The Hall–Kier alpha value is -1.20. The summed E-state index contributed by atoms with van der Waals surface area (Å²) < 4.78 is 21.2. The highest BCUT2D eigenvalue weighted by molar-refractivity contribution is 7.89. The number of benzene rings is 1. The van der Waals surface area contributed by atoms with Gasteiger partial charge in [-0.1, -0.05) is 30.3 Å². The fraction of sp³-hybridized carbons (Fsp3) is 0.300. The molecule has 2 N–H and O–H groups in total. The molecule has 0 aromatic heterocycles. The number of Topliss-reactive ketones (excluding diaryl/α,β-unsaturated/α-hetero) is 1. The number of hydrogen-bond donors (Lipinski definition) is 1. The van der Waals surface area contributed by atoms with Crippen molar-refractivity contribution in [1.82, 2.24) is 0 Å². The van der Waals surface area contributed by atoms with Gasteiger partial charge in [-0.15, -0.1) is 0 Å². The van der Waals surface area contributed by atoms with Gasteiger partial charge in [-0.05, 0) is 5.56 Å². The molecule has 0 fully saturated rings. The zero-order valence-corrected chi connectivity index (χ0v) is 9.03. The second-order valence-corrected chi connectivity index (χ2v) is 5.05. The van der Waals surface area contributed by atoms with E-state index in [2.05, 4.69) is 0 Å². The third-order valence-corrected chi connectivity index (χ3v) is 2.68. The van der Waals surface area contributed by atoms with Crippen LogP contribution in [0.15, 0.2) is 30.3 Å². The average molecular weight is 227 g/mol. The number of rotatable bonds is 5. The van der Waals surface area contributed by atoms with Crippen LogP contribution >= 0.6 is 0 Å². The van der Waals surface area contributed by atoms with E-state index in [-0.39, 0.29) is 24.4 Å². The van der Waals surface area contributed by atoms with E-state index >= 15 is 0 Å². The van der Waals surface area contributed by atoms with Gasteiger partial charge in [0.1, 0.15) is 5.78 Å². The standard InChI is InChI=1S/C10H13NO3S/c11-15(13,14)7-6-10(12)8-9-4-2-1-3-5-9/h1-5H,6-8H2,(H2,11,13,14). The van der Waals surface area contributed by atoms with Gasteiger partial charge in [-0.3, -0.25) is 4.79 Å². The van der Waals surface area contributed by atoms with Gasteiger partial charge in [-0.2, -0.15) is 0 Å². The molecule has 0 atom stereocenters. The molecule has 15 heavy (non-hydrogen) atoms. The summed E-state index contributed by atoms with van der Waals surface area (Å²) in [6.45, 7) is 0. The van der Waals surface area contributed by atoms with Crippen molar-refractivity contribution < 1.29 is 13.2 Å². The summed E-state index contributed by atoms with van der Waals surface area (Å²) >= 11 is 0. The topological polar surface area (TPSA) is 77.2 Å². The van der Waals surface area contributed by atoms with Crippen LogP contribution in [0.4, 0.5) is 0 Å². The molecule has 1 aromatic carbocycles. The van der Waals surface area contributed by atoms with Gasteiger partial charge >= 0.3 is 0 Å². The summed E-state index contributed by atoms with van der Waals surface area (Å²) in [7, 11) is -3.53. The Morgan fingerprint density at radius 1 is 1.20 bits per heavy atom. The van der Waals surface area contributed by atoms with E-state index in [9.17, 15) is 13.2 Å². The molecule has 5 heteroatoms. The lowest BCUT2D eigenvalue weighted by Gasteiger charge is -2.00. The molecular weight excluding hydrogens is 214 g/mol. The summed E-state index contributed by atoms with van der Waals surface area (Å²) in [5, 5.41) is 4.80. The van der Waals surface area contributed by atoms with Crippen LogP contribution in [-0.4, -0.2) is 20.0 Å². The fourth-order valence-corrected chi connectivity index (χ4v) is 1.68. The minimum atomic E-state index is -3.53. The van der Waals surface area contributed by atoms with Gasteiger partial charge in [0.15, 0.2) is 0 Å². The number of primary sulfonamides is 1. The molecule has 0 bridgehead atoms. The lowest BCUT2D eigenvalue weighted by Crippen LogP contribution is -2.19. The Balaban J connectivity index is 2.44. The SMILES string of the molecule is NS(=O)(=O)CCC(=O)Cc1ccccc1. The number of sulfonamides is 1. The Morgan fingerprint density at radius 3 is 2.33 bits per heavy atom. The van der Waals surface area contributed by atoms with Crippen LogP contribution in [-0.2, 0) is 21.2 Å². The number of hydrogen-bond acceptors (Lipinski definition) is 3. The summed E-state index contributed by atoms with van der Waals surface area (Å²) in [6, 6.07) is 9.19. The zero-order valence-electron chi connectivity index (χ0n) is 8.22. The van der Waals surface area contributed by atoms with Crippen molar-refractivity contribution in [2.45, 2.75) is 12.8 Å². The zero-order chi connectivity index (χ0) is 11.3. The van der Waals surface area contributed by atoms with Crippen molar-refractivity contribution in [2.24, 2.45) is 5.14 Å². The van der Waals surface area contributed by atoms with Crippen LogP contribution < -0.4 is 5.14 Å². The molecule has 0 amide bonds. The van der Waals surface area contributed by atoms with E-state index in [1.807, 2.05) is 30.3 Å². The normalized spacial score (nSPS) is 11.3. The van der Waals surface area contributed by atoms with Crippen molar-refractivity contribution in [3.63, 3.8) is 0 Å². The van der Waals surface area contributed by atoms with E-state index in [0.29, 0.717) is 0 Å². The molecule has 4 nitrogen and oxygen atoms in total. The third kappa shape index (κ3) is 5.29. The Morgan fingerprint density at radius 2 is 1.80 bits per heavy atom. The van der Waals surface area contributed by atoms with Gasteiger partial charge in [-0.25, -0.2) is 13.6 Å². The number of nitrogens with two attached hydrogens (primary N) is 1. The van der Waals surface area contributed by atoms with Gasteiger partial charge in [0.05, 0.1) is 5.75 Å². The maximum absolute atomic E-state index is 11.3. The first-order valence-corrected chi connectivity index (χ1v) is 6.25. The van der Waals surface area contributed by atoms with Crippen LogP contribution in [0.5, 0.6) is 0 Å². The molecule has 0 saturated carbocycles. The highest BCUT2D eigenvalue weighted by atomic mass is 32.2. The number of carbonyl (C=O) groups is 1. The molecular formula is C10H13NO3S. The summed E-state index contributed by atoms with van der Waals surface area (Å²) in [4.78, 5) is 11.3. The predicted molar refractivity (Wildman–Crippen MR) is 57.7 cm³/mol. The second kappa shape index (κ2) is 5.04. The van der Waals surface area contributed by atoms with Crippen molar-refractivity contribution in [3.05, 3.63) is 35.9 Å². The van der Waals surface area contributed by atoms with Gasteiger partial charge in [0.2, 0.25) is 10.0 Å². The van der Waals surface area contributed by atoms with E-state index in [0.717, 1.165) is 5.56 Å². The minimum Gasteiger partial charge on any atom is -0.299 e. The molecule has 0 aliphatic heterocycles. The molecule has 0 aliphatic rings. The smallest absolute Gasteiger partial charge is 0.209 e. The molecule has 0 unspecified atom stereocenters. The number of ketones is 1. The highest BCUT2D eigenvalue weighted by Crippen LogP contribution is 2.02. The summed E-state index contributed by atoms with van der Waals surface area (Å²) in [5.41, 5.74) is 0.886. The maximum Gasteiger partial charge on any atom is 0.209 e. The monoisotopic (exact) mass is 227 g/mol. The van der Waals surface area contributed by atoms with Crippen LogP contribution in [0.2, 0.25) is 0 Å². The van der Waals surface area contributed by atoms with Crippen LogP contribution in [0, 0.1) is 0 Å². The fourth-order valence-electron chi connectivity index (χ4n) is 1.17. The quantitative estimate of drug-likeness (QED) is 0.794. The van der Waals surface area contributed by atoms with Gasteiger partial charge < -0.3 is 0 Å². The number of carbonyl (C=O) groups excluding carboxylic acids is 1. The van der Waals surface area contributed by atoms with Crippen molar-refractivity contribution >= 4 is 15.8 Å². The lowest BCUT2D eigenvalue weighted by molar-refractivity contribution is -0.118. The third-order valence-electron chi connectivity index (χ3n) is 1.91. The maximum atomic E-state index is 11.3. The lowest BCUT2D eigenvalue weighted by atomic mass is 10.1. The summed E-state index contributed by atoms with van der Waals surface area (Å²) in [5.74, 6) is -0.395. The van der Waals surface area contributed by atoms with Crippen molar-refractivity contribution in [1.29, 1.82) is 0 Å². The Kier molecular flexibility index (Phi) is 3.99. The van der Waals surface area contributed by atoms with Gasteiger partial charge in [0, 0.05) is 12.8 Å². The minimum absolute atomic E-state index is 0.0201. The molecule has 0 saturated heterocycles. The average Bonchev–Trinajstić information content (AvgIpc) is 2.15. The first kappa shape index (κ1) is 11.9. The molecule has 0 aliphatic carbocycles. The van der Waals surface area contributed by atoms with E-state index in [1.54, 1.807) is 0 Å². The summed E-state index contributed by atoms with van der Waals surface area (Å²) in [6.07, 6.45) is 0.240. The largest absolute Gasteiger partial charge is 0.299 e. The van der Waals surface area contributed by atoms with E-state index in [4.69, 9.17) is 5.14 Å².